The Morgan fingerprint density at radius 1 is 1.14 bits per heavy atom. The van der Waals surface area contributed by atoms with Crippen molar-refractivity contribution in [1.82, 2.24) is 5.32 Å². The Labute approximate surface area is 136 Å². The highest BCUT2D eigenvalue weighted by Crippen LogP contribution is 2.13. The van der Waals surface area contributed by atoms with E-state index in [0.29, 0.717) is 18.9 Å². The minimum atomic E-state index is 0.119. The SMILES string of the molecule is CC(C)C(CNC(=O)CCc1cccs1)Nc1ccccc1. The second kappa shape index (κ2) is 8.59. The predicted octanol–water partition coefficient (Wildman–Crippen LogP) is 3.93. The number of hydrogen-bond donors (Lipinski definition) is 2. The summed E-state index contributed by atoms with van der Waals surface area (Å²) in [4.78, 5) is 13.2. The number of amides is 1. The average Bonchev–Trinajstić information content (AvgIpc) is 3.03. The Balaban J connectivity index is 1.77. The maximum absolute atomic E-state index is 12.0. The van der Waals surface area contributed by atoms with Crippen molar-refractivity contribution in [3.05, 3.63) is 52.7 Å². The van der Waals surface area contributed by atoms with Crippen molar-refractivity contribution in [2.45, 2.75) is 32.7 Å². The smallest absolute Gasteiger partial charge is 0.220 e. The lowest BCUT2D eigenvalue weighted by Crippen LogP contribution is -2.39. The van der Waals surface area contributed by atoms with Gasteiger partial charge in [-0.15, -0.1) is 11.3 Å². The van der Waals surface area contributed by atoms with E-state index >= 15 is 0 Å². The summed E-state index contributed by atoms with van der Waals surface area (Å²) in [6, 6.07) is 14.5. The minimum Gasteiger partial charge on any atom is -0.380 e. The summed E-state index contributed by atoms with van der Waals surface area (Å²) < 4.78 is 0. The van der Waals surface area contributed by atoms with Crippen LogP contribution in [0, 0.1) is 5.92 Å². The largest absolute Gasteiger partial charge is 0.380 e. The molecule has 0 spiro atoms. The molecule has 1 unspecified atom stereocenters. The van der Waals surface area contributed by atoms with Gasteiger partial charge in [0.2, 0.25) is 5.91 Å². The standard InChI is InChI=1S/C18H24N2OS/c1-14(2)17(20-15-7-4-3-5-8-15)13-19-18(21)11-10-16-9-6-12-22-16/h3-9,12,14,17,20H,10-11,13H2,1-2H3,(H,19,21). The highest BCUT2D eigenvalue weighted by Gasteiger charge is 2.14. The fraction of sp³-hybridized carbons (Fsp3) is 0.389. The molecule has 0 aliphatic heterocycles. The van der Waals surface area contributed by atoms with Gasteiger partial charge in [0.05, 0.1) is 0 Å². The zero-order chi connectivity index (χ0) is 15.8. The lowest BCUT2D eigenvalue weighted by molar-refractivity contribution is -0.121. The Bertz CT molecular complexity index is 552. The minimum absolute atomic E-state index is 0.119. The Morgan fingerprint density at radius 2 is 1.91 bits per heavy atom. The van der Waals surface area contributed by atoms with E-state index in [1.54, 1.807) is 11.3 Å². The van der Waals surface area contributed by atoms with Gasteiger partial charge in [0.15, 0.2) is 0 Å². The van der Waals surface area contributed by atoms with E-state index in [4.69, 9.17) is 0 Å². The summed E-state index contributed by atoms with van der Waals surface area (Å²) in [6.07, 6.45) is 1.37. The molecule has 1 heterocycles. The van der Waals surface area contributed by atoms with E-state index in [9.17, 15) is 4.79 Å². The first kappa shape index (κ1) is 16.6. The lowest BCUT2D eigenvalue weighted by Gasteiger charge is -2.24. The Morgan fingerprint density at radius 3 is 2.55 bits per heavy atom. The van der Waals surface area contributed by atoms with Gasteiger partial charge < -0.3 is 10.6 Å². The molecule has 0 radical (unpaired) electrons. The molecule has 1 aromatic heterocycles. The van der Waals surface area contributed by atoms with Crippen molar-refractivity contribution in [1.29, 1.82) is 0 Å². The molecule has 22 heavy (non-hydrogen) atoms. The molecule has 0 aliphatic carbocycles. The third-order valence-electron chi connectivity index (χ3n) is 3.63. The maximum Gasteiger partial charge on any atom is 0.220 e. The topological polar surface area (TPSA) is 41.1 Å². The molecule has 2 N–H and O–H groups in total. The molecule has 2 rings (SSSR count). The van der Waals surface area contributed by atoms with Crippen molar-refractivity contribution >= 4 is 22.9 Å². The molecular formula is C18H24N2OS. The highest BCUT2D eigenvalue weighted by atomic mass is 32.1. The van der Waals surface area contributed by atoms with Gasteiger partial charge in [0.25, 0.3) is 0 Å². The summed E-state index contributed by atoms with van der Waals surface area (Å²) >= 11 is 1.70. The second-order valence-electron chi connectivity index (χ2n) is 5.74. The van der Waals surface area contributed by atoms with Crippen molar-refractivity contribution in [3.8, 4) is 0 Å². The van der Waals surface area contributed by atoms with E-state index in [-0.39, 0.29) is 11.9 Å². The molecule has 1 aromatic carbocycles. The zero-order valence-corrected chi connectivity index (χ0v) is 14.0. The van der Waals surface area contributed by atoms with Crippen LogP contribution in [0.3, 0.4) is 0 Å². The molecule has 3 nitrogen and oxygen atoms in total. The first-order valence-corrected chi connectivity index (χ1v) is 8.64. The number of carbonyl (C=O) groups is 1. The molecule has 0 bridgehead atoms. The van der Waals surface area contributed by atoms with Crippen LogP contribution < -0.4 is 10.6 Å². The van der Waals surface area contributed by atoms with Crippen LogP contribution in [0.2, 0.25) is 0 Å². The van der Waals surface area contributed by atoms with Crippen molar-refractivity contribution in [2.24, 2.45) is 5.92 Å². The number of nitrogens with one attached hydrogen (secondary N) is 2. The summed E-state index contributed by atoms with van der Waals surface area (Å²) in [5, 5.41) is 8.59. The number of anilines is 1. The van der Waals surface area contributed by atoms with Crippen LogP contribution in [0.5, 0.6) is 0 Å². The monoisotopic (exact) mass is 316 g/mol. The normalized spacial score (nSPS) is 12.1. The molecule has 0 saturated carbocycles. The fourth-order valence-corrected chi connectivity index (χ4v) is 2.91. The van der Waals surface area contributed by atoms with Crippen molar-refractivity contribution in [3.63, 3.8) is 0 Å². The number of para-hydroxylation sites is 1. The first-order valence-electron chi connectivity index (χ1n) is 7.76. The van der Waals surface area contributed by atoms with Gasteiger partial charge in [0, 0.05) is 29.6 Å². The molecule has 0 fully saturated rings. The van der Waals surface area contributed by atoms with E-state index in [1.165, 1.54) is 4.88 Å². The Kier molecular flexibility index (Phi) is 6.46. The van der Waals surface area contributed by atoms with Gasteiger partial charge in [-0.1, -0.05) is 38.1 Å². The number of rotatable bonds is 8. The van der Waals surface area contributed by atoms with Crippen molar-refractivity contribution < 1.29 is 4.79 Å². The van der Waals surface area contributed by atoms with Crippen LogP contribution in [0.25, 0.3) is 0 Å². The molecule has 118 valence electrons. The van der Waals surface area contributed by atoms with E-state index in [1.807, 2.05) is 41.8 Å². The van der Waals surface area contributed by atoms with Crippen LogP contribution in [0.4, 0.5) is 5.69 Å². The van der Waals surface area contributed by atoms with Crippen LogP contribution in [0.1, 0.15) is 25.1 Å². The van der Waals surface area contributed by atoms with Gasteiger partial charge in [-0.25, -0.2) is 0 Å². The van der Waals surface area contributed by atoms with Gasteiger partial charge >= 0.3 is 0 Å². The molecule has 0 saturated heterocycles. The lowest BCUT2D eigenvalue weighted by atomic mass is 10.0. The number of thiophene rings is 1. The first-order chi connectivity index (χ1) is 10.6. The average molecular weight is 316 g/mol. The summed E-state index contributed by atoms with van der Waals surface area (Å²) in [5.74, 6) is 0.562. The zero-order valence-electron chi connectivity index (χ0n) is 13.2. The summed E-state index contributed by atoms with van der Waals surface area (Å²) in [6.45, 7) is 4.98. The van der Waals surface area contributed by atoms with Crippen LogP contribution in [-0.4, -0.2) is 18.5 Å². The van der Waals surface area contributed by atoms with E-state index in [0.717, 1.165) is 12.1 Å². The quantitative estimate of drug-likeness (QED) is 0.774. The van der Waals surface area contributed by atoms with E-state index < -0.39 is 0 Å². The van der Waals surface area contributed by atoms with Gasteiger partial charge in [-0.2, -0.15) is 0 Å². The highest BCUT2D eigenvalue weighted by molar-refractivity contribution is 7.09. The summed E-state index contributed by atoms with van der Waals surface area (Å²) in [5.41, 5.74) is 1.09. The number of carbonyl (C=O) groups excluding carboxylic acids is 1. The fourth-order valence-electron chi connectivity index (χ4n) is 2.21. The van der Waals surface area contributed by atoms with Gasteiger partial charge in [0.1, 0.15) is 0 Å². The predicted molar refractivity (Wildman–Crippen MR) is 94.3 cm³/mol. The van der Waals surface area contributed by atoms with Crippen molar-refractivity contribution in [2.75, 3.05) is 11.9 Å². The number of benzene rings is 1. The second-order valence-corrected chi connectivity index (χ2v) is 6.78. The third-order valence-corrected chi connectivity index (χ3v) is 4.56. The van der Waals surface area contributed by atoms with E-state index in [2.05, 4.69) is 30.5 Å². The molecule has 2 aromatic rings. The summed E-state index contributed by atoms with van der Waals surface area (Å²) in [7, 11) is 0. The Hall–Kier alpha value is -1.81. The molecule has 1 atom stereocenters. The van der Waals surface area contributed by atoms with Crippen LogP contribution in [0.15, 0.2) is 47.8 Å². The molecule has 0 aliphatic rings. The third kappa shape index (κ3) is 5.53. The van der Waals surface area contributed by atoms with Crippen LogP contribution >= 0.6 is 11.3 Å². The molecular weight excluding hydrogens is 292 g/mol. The van der Waals surface area contributed by atoms with Crippen LogP contribution in [-0.2, 0) is 11.2 Å². The molecule has 4 heteroatoms. The number of aryl methyl sites for hydroxylation is 1. The number of hydrogen-bond acceptors (Lipinski definition) is 3. The van der Waals surface area contributed by atoms with Gasteiger partial charge in [-0.3, -0.25) is 4.79 Å². The molecule has 1 amide bonds. The maximum atomic E-state index is 12.0. The van der Waals surface area contributed by atoms with Gasteiger partial charge in [-0.05, 0) is 35.9 Å².